The molecule has 1 aliphatic heterocycles. The lowest BCUT2D eigenvalue weighted by Crippen LogP contribution is -2.44. The highest BCUT2D eigenvalue weighted by Crippen LogP contribution is 2.37. The number of nitrogens with zero attached hydrogens (tertiary/aromatic N) is 2. The van der Waals surface area contributed by atoms with E-state index in [1.165, 1.54) is 23.5 Å². The summed E-state index contributed by atoms with van der Waals surface area (Å²) in [6.45, 7) is 0.577. The zero-order valence-corrected chi connectivity index (χ0v) is 15.4. The average Bonchev–Trinajstić information content (AvgIpc) is 2.68. The van der Waals surface area contributed by atoms with Crippen molar-refractivity contribution in [2.24, 2.45) is 0 Å². The van der Waals surface area contributed by atoms with E-state index < -0.39 is 15.4 Å². The second-order valence-electron chi connectivity index (χ2n) is 6.37. The molecule has 0 amide bonds. The van der Waals surface area contributed by atoms with Gasteiger partial charge in [-0.15, -0.1) is 0 Å². The molecule has 0 unspecified atom stereocenters. The number of piperidine rings is 1. The van der Waals surface area contributed by atoms with Crippen molar-refractivity contribution < 1.29 is 13.2 Å². The van der Waals surface area contributed by atoms with Gasteiger partial charge in [0.05, 0.1) is 29.2 Å². The molecular formula is C19H21N3O3S. The zero-order chi connectivity index (χ0) is 18.8. The van der Waals surface area contributed by atoms with E-state index in [0.29, 0.717) is 18.6 Å². The summed E-state index contributed by atoms with van der Waals surface area (Å²) in [6, 6.07) is 16.4. The quantitative estimate of drug-likeness (QED) is 0.833. The summed E-state index contributed by atoms with van der Waals surface area (Å²) < 4.78 is 32.3. The first-order valence-corrected chi connectivity index (χ1v) is 9.77. The van der Waals surface area contributed by atoms with Gasteiger partial charge in [0.1, 0.15) is 5.75 Å². The molecule has 0 aliphatic carbocycles. The van der Waals surface area contributed by atoms with Crippen molar-refractivity contribution in [1.29, 1.82) is 5.26 Å². The van der Waals surface area contributed by atoms with Crippen LogP contribution < -0.4 is 10.5 Å². The van der Waals surface area contributed by atoms with Gasteiger partial charge in [0.15, 0.2) is 0 Å². The predicted octanol–water partition coefficient (Wildman–Crippen LogP) is 2.52. The van der Waals surface area contributed by atoms with Crippen LogP contribution in [0, 0.1) is 11.3 Å². The number of nitrogen functional groups attached to an aromatic ring is 1. The van der Waals surface area contributed by atoms with Gasteiger partial charge in [0.2, 0.25) is 10.0 Å². The minimum Gasteiger partial charge on any atom is -0.495 e. The SMILES string of the molecule is COc1ccc(S(=O)(=O)N2CCC(C#N)(c3ccccc3)CC2)cc1N. The molecule has 0 saturated carbocycles. The Kier molecular flexibility index (Phi) is 4.90. The van der Waals surface area contributed by atoms with Crippen LogP contribution in [-0.4, -0.2) is 32.9 Å². The molecule has 0 spiro atoms. The molecule has 2 aromatic rings. The molecule has 2 aromatic carbocycles. The van der Waals surface area contributed by atoms with Crippen molar-refractivity contribution in [3.63, 3.8) is 0 Å². The number of rotatable bonds is 4. The monoisotopic (exact) mass is 371 g/mol. The van der Waals surface area contributed by atoms with Crippen molar-refractivity contribution in [3.8, 4) is 11.8 Å². The Morgan fingerprint density at radius 3 is 2.35 bits per heavy atom. The molecule has 7 heteroatoms. The van der Waals surface area contributed by atoms with Gasteiger partial charge in [0, 0.05) is 13.1 Å². The minimum atomic E-state index is -3.66. The van der Waals surface area contributed by atoms with E-state index in [2.05, 4.69) is 6.07 Å². The Balaban J connectivity index is 1.83. The highest BCUT2D eigenvalue weighted by Gasteiger charge is 2.40. The molecule has 0 radical (unpaired) electrons. The van der Waals surface area contributed by atoms with E-state index >= 15 is 0 Å². The van der Waals surface area contributed by atoms with Crippen molar-refractivity contribution in [2.45, 2.75) is 23.2 Å². The van der Waals surface area contributed by atoms with Gasteiger partial charge >= 0.3 is 0 Å². The summed E-state index contributed by atoms with van der Waals surface area (Å²) in [6.07, 6.45) is 0.913. The Hall–Kier alpha value is -2.56. The van der Waals surface area contributed by atoms with Crippen LogP contribution >= 0.6 is 0 Å². The molecular weight excluding hydrogens is 350 g/mol. The zero-order valence-electron chi connectivity index (χ0n) is 14.6. The van der Waals surface area contributed by atoms with Gasteiger partial charge in [-0.05, 0) is 36.6 Å². The predicted molar refractivity (Wildman–Crippen MR) is 99.1 cm³/mol. The summed E-state index contributed by atoms with van der Waals surface area (Å²) in [5.74, 6) is 0.440. The van der Waals surface area contributed by atoms with Crippen molar-refractivity contribution in [2.75, 3.05) is 25.9 Å². The van der Waals surface area contributed by atoms with Crippen molar-refractivity contribution >= 4 is 15.7 Å². The number of methoxy groups -OCH3 is 1. The molecule has 1 heterocycles. The molecule has 1 aliphatic rings. The highest BCUT2D eigenvalue weighted by atomic mass is 32.2. The van der Waals surface area contributed by atoms with E-state index in [1.54, 1.807) is 6.07 Å². The largest absolute Gasteiger partial charge is 0.495 e. The van der Waals surface area contributed by atoms with Crippen LogP contribution in [0.2, 0.25) is 0 Å². The maximum absolute atomic E-state index is 12.9. The second kappa shape index (κ2) is 6.98. The normalized spacial score (nSPS) is 17.4. The molecule has 1 saturated heterocycles. The lowest BCUT2D eigenvalue weighted by atomic mass is 9.74. The van der Waals surface area contributed by atoms with Crippen LogP contribution in [-0.2, 0) is 15.4 Å². The fraction of sp³-hybridized carbons (Fsp3) is 0.316. The lowest BCUT2D eigenvalue weighted by molar-refractivity contribution is 0.277. The van der Waals surface area contributed by atoms with Crippen molar-refractivity contribution in [3.05, 3.63) is 54.1 Å². The third-order valence-electron chi connectivity index (χ3n) is 4.96. The number of anilines is 1. The molecule has 0 bridgehead atoms. The molecule has 136 valence electrons. The maximum atomic E-state index is 12.9. The molecule has 0 aromatic heterocycles. The lowest BCUT2D eigenvalue weighted by Gasteiger charge is -2.37. The van der Waals surface area contributed by atoms with E-state index in [-0.39, 0.29) is 23.7 Å². The fourth-order valence-electron chi connectivity index (χ4n) is 3.35. The number of benzene rings is 2. The van der Waals surface area contributed by atoms with E-state index in [0.717, 1.165) is 5.56 Å². The molecule has 3 rings (SSSR count). The van der Waals surface area contributed by atoms with Crippen LogP contribution in [0.3, 0.4) is 0 Å². The highest BCUT2D eigenvalue weighted by molar-refractivity contribution is 7.89. The third-order valence-corrected chi connectivity index (χ3v) is 6.85. The minimum absolute atomic E-state index is 0.139. The number of nitriles is 1. The maximum Gasteiger partial charge on any atom is 0.243 e. The second-order valence-corrected chi connectivity index (χ2v) is 8.31. The van der Waals surface area contributed by atoms with Crippen LogP contribution in [0.5, 0.6) is 5.75 Å². The first-order chi connectivity index (χ1) is 12.4. The van der Waals surface area contributed by atoms with Crippen LogP contribution in [0.15, 0.2) is 53.4 Å². The van der Waals surface area contributed by atoms with Crippen LogP contribution in [0.4, 0.5) is 5.69 Å². The van der Waals surface area contributed by atoms with Crippen LogP contribution in [0.1, 0.15) is 18.4 Å². The first kappa shape index (κ1) is 18.2. The average molecular weight is 371 g/mol. The number of hydrogen-bond donors (Lipinski definition) is 1. The van der Waals surface area contributed by atoms with E-state index in [1.807, 2.05) is 30.3 Å². The van der Waals surface area contributed by atoms with Gasteiger partial charge in [-0.1, -0.05) is 30.3 Å². The van der Waals surface area contributed by atoms with Gasteiger partial charge in [0.25, 0.3) is 0 Å². The summed E-state index contributed by atoms with van der Waals surface area (Å²) in [5.41, 5.74) is 6.42. The molecule has 26 heavy (non-hydrogen) atoms. The Morgan fingerprint density at radius 2 is 1.81 bits per heavy atom. The van der Waals surface area contributed by atoms with Gasteiger partial charge in [-0.25, -0.2) is 8.42 Å². The fourth-order valence-corrected chi connectivity index (χ4v) is 4.83. The summed E-state index contributed by atoms with van der Waals surface area (Å²) in [7, 11) is -2.18. The van der Waals surface area contributed by atoms with Crippen LogP contribution in [0.25, 0.3) is 0 Å². The summed E-state index contributed by atoms with van der Waals surface area (Å²) in [4.78, 5) is 0.139. The molecule has 0 atom stereocenters. The number of ether oxygens (including phenoxy) is 1. The Bertz CT molecular complexity index is 928. The van der Waals surface area contributed by atoms with Gasteiger partial charge < -0.3 is 10.5 Å². The molecule has 1 fully saturated rings. The number of hydrogen-bond acceptors (Lipinski definition) is 5. The van der Waals surface area contributed by atoms with Gasteiger partial charge in [-0.3, -0.25) is 0 Å². The summed E-state index contributed by atoms with van der Waals surface area (Å²) >= 11 is 0. The molecule has 2 N–H and O–H groups in total. The molecule has 6 nitrogen and oxygen atoms in total. The van der Waals surface area contributed by atoms with E-state index in [4.69, 9.17) is 10.5 Å². The number of sulfonamides is 1. The number of nitrogens with two attached hydrogens (primary N) is 1. The van der Waals surface area contributed by atoms with Crippen molar-refractivity contribution in [1.82, 2.24) is 4.31 Å². The van der Waals surface area contributed by atoms with Gasteiger partial charge in [-0.2, -0.15) is 9.57 Å². The standard InChI is InChI=1S/C19H21N3O3S/c1-25-18-8-7-16(13-17(18)21)26(23,24)22-11-9-19(14-20,10-12-22)15-5-3-2-4-6-15/h2-8,13H,9-12,21H2,1H3. The third kappa shape index (κ3) is 3.14. The Morgan fingerprint density at radius 1 is 1.15 bits per heavy atom. The van der Waals surface area contributed by atoms with E-state index in [9.17, 15) is 13.7 Å². The first-order valence-electron chi connectivity index (χ1n) is 8.33. The summed E-state index contributed by atoms with van der Waals surface area (Å²) in [5, 5.41) is 9.75. The smallest absolute Gasteiger partial charge is 0.243 e. The topological polar surface area (TPSA) is 96.4 Å². The Labute approximate surface area is 153 Å².